The number of nitrogens with one attached hydrogen (secondary N) is 1. The fraction of sp³-hybridized carbons (Fsp3) is 0.882. The van der Waals surface area contributed by atoms with Gasteiger partial charge in [0, 0.05) is 6.04 Å². The molecule has 21 heavy (non-hydrogen) atoms. The summed E-state index contributed by atoms with van der Waals surface area (Å²) in [5.41, 5.74) is 0. The van der Waals surface area contributed by atoms with Gasteiger partial charge < -0.3 is 10.2 Å². The molecule has 4 heteroatoms. The number of hydrogen-bond acceptors (Lipinski definition) is 2. The molecule has 3 atom stereocenters. The Morgan fingerprint density at radius 3 is 2.33 bits per heavy atom. The maximum absolute atomic E-state index is 13.0. The molecule has 1 N–H and O–H groups in total. The van der Waals surface area contributed by atoms with Crippen LogP contribution in [0.25, 0.3) is 0 Å². The van der Waals surface area contributed by atoms with Gasteiger partial charge in [-0.25, -0.2) is 0 Å². The van der Waals surface area contributed by atoms with Gasteiger partial charge in [0.05, 0.1) is 0 Å². The molecule has 0 aromatic heterocycles. The maximum Gasteiger partial charge on any atom is 0.246 e. The van der Waals surface area contributed by atoms with E-state index in [1.165, 1.54) is 12.8 Å². The van der Waals surface area contributed by atoms with Crippen molar-refractivity contribution in [3.63, 3.8) is 0 Å². The average Bonchev–Trinajstić information content (AvgIpc) is 2.95. The van der Waals surface area contributed by atoms with E-state index >= 15 is 0 Å². The second kappa shape index (κ2) is 6.80. The molecule has 2 fully saturated rings. The van der Waals surface area contributed by atoms with E-state index in [4.69, 9.17) is 0 Å². The van der Waals surface area contributed by atoms with Crippen LogP contribution in [0, 0.1) is 11.8 Å². The number of rotatable bonds is 5. The van der Waals surface area contributed by atoms with Crippen LogP contribution < -0.4 is 5.32 Å². The lowest BCUT2D eigenvalue weighted by Crippen LogP contribution is -2.67. The highest BCUT2D eigenvalue weighted by Crippen LogP contribution is 2.31. The molecule has 4 nitrogen and oxygen atoms in total. The highest BCUT2D eigenvalue weighted by atomic mass is 16.2. The Labute approximate surface area is 128 Å². The van der Waals surface area contributed by atoms with Crippen molar-refractivity contribution >= 4 is 11.8 Å². The second-order valence-electron chi connectivity index (χ2n) is 7.20. The van der Waals surface area contributed by atoms with E-state index in [2.05, 4.69) is 33.0 Å². The van der Waals surface area contributed by atoms with Crippen molar-refractivity contribution in [3.8, 4) is 0 Å². The van der Waals surface area contributed by atoms with Gasteiger partial charge in [0.15, 0.2) is 0 Å². The summed E-state index contributed by atoms with van der Waals surface area (Å²) >= 11 is 0. The number of nitrogens with zero attached hydrogens (tertiary/aromatic N) is 1. The molecule has 3 unspecified atom stereocenters. The Morgan fingerprint density at radius 1 is 1.19 bits per heavy atom. The molecule has 0 aromatic carbocycles. The normalized spacial score (nSPS) is 29.1. The van der Waals surface area contributed by atoms with Gasteiger partial charge in [-0.1, -0.05) is 47.0 Å². The summed E-state index contributed by atoms with van der Waals surface area (Å²) in [5.74, 6) is 0.824. The monoisotopic (exact) mass is 294 g/mol. The van der Waals surface area contributed by atoms with Crippen LogP contribution >= 0.6 is 0 Å². The van der Waals surface area contributed by atoms with Gasteiger partial charge in [0.1, 0.15) is 12.1 Å². The molecule has 2 rings (SSSR count). The van der Waals surface area contributed by atoms with Crippen molar-refractivity contribution in [2.75, 3.05) is 0 Å². The molecule has 1 heterocycles. The van der Waals surface area contributed by atoms with Gasteiger partial charge in [-0.2, -0.15) is 0 Å². The van der Waals surface area contributed by atoms with Crippen molar-refractivity contribution in [1.82, 2.24) is 10.2 Å². The Morgan fingerprint density at radius 2 is 1.81 bits per heavy atom. The zero-order valence-electron chi connectivity index (χ0n) is 13.9. The third-order valence-corrected chi connectivity index (χ3v) is 5.08. The van der Waals surface area contributed by atoms with Crippen LogP contribution in [-0.4, -0.2) is 34.8 Å². The predicted octanol–water partition coefficient (Wildman–Crippen LogP) is 2.72. The van der Waals surface area contributed by atoms with E-state index in [0.717, 1.165) is 25.7 Å². The van der Waals surface area contributed by atoms with Crippen LogP contribution in [0.5, 0.6) is 0 Å². The number of carbonyl (C=O) groups excluding carboxylic acids is 2. The third kappa shape index (κ3) is 3.41. The Balaban J connectivity index is 2.25. The van der Waals surface area contributed by atoms with Gasteiger partial charge in [-0.05, 0) is 31.1 Å². The average molecular weight is 294 g/mol. The molecule has 0 radical (unpaired) electrons. The molecule has 1 saturated carbocycles. The van der Waals surface area contributed by atoms with Crippen LogP contribution in [0.15, 0.2) is 0 Å². The topological polar surface area (TPSA) is 49.4 Å². The quantitative estimate of drug-likeness (QED) is 0.847. The first-order chi connectivity index (χ1) is 9.95. The van der Waals surface area contributed by atoms with E-state index < -0.39 is 0 Å². The van der Waals surface area contributed by atoms with Gasteiger partial charge in [-0.15, -0.1) is 0 Å². The summed E-state index contributed by atoms with van der Waals surface area (Å²) in [5, 5.41) is 3.00. The molecular weight excluding hydrogens is 264 g/mol. The zero-order chi connectivity index (χ0) is 15.6. The summed E-state index contributed by atoms with van der Waals surface area (Å²) < 4.78 is 0. The van der Waals surface area contributed by atoms with E-state index in [9.17, 15) is 9.59 Å². The van der Waals surface area contributed by atoms with Crippen LogP contribution in [-0.2, 0) is 9.59 Å². The first-order valence-corrected chi connectivity index (χ1v) is 8.58. The number of hydrogen-bond donors (Lipinski definition) is 1. The highest BCUT2D eigenvalue weighted by Gasteiger charge is 2.45. The first-order valence-electron chi connectivity index (χ1n) is 8.58. The van der Waals surface area contributed by atoms with Crippen molar-refractivity contribution in [3.05, 3.63) is 0 Å². The third-order valence-electron chi connectivity index (χ3n) is 5.08. The molecule has 1 aliphatic heterocycles. The summed E-state index contributed by atoms with van der Waals surface area (Å²) in [6, 6.07) is -0.314. The van der Waals surface area contributed by atoms with Gasteiger partial charge in [0.2, 0.25) is 11.8 Å². The van der Waals surface area contributed by atoms with Crippen molar-refractivity contribution in [2.24, 2.45) is 11.8 Å². The minimum Gasteiger partial charge on any atom is -0.342 e. The van der Waals surface area contributed by atoms with Gasteiger partial charge in [0.25, 0.3) is 0 Å². The maximum atomic E-state index is 13.0. The lowest BCUT2D eigenvalue weighted by Gasteiger charge is -2.44. The molecule has 0 bridgehead atoms. The van der Waals surface area contributed by atoms with Crippen LogP contribution in [0.4, 0.5) is 0 Å². The lowest BCUT2D eigenvalue weighted by atomic mass is 9.90. The highest BCUT2D eigenvalue weighted by molar-refractivity contribution is 5.97. The number of carbonyl (C=O) groups is 2. The van der Waals surface area contributed by atoms with Crippen LogP contribution in [0.1, 0.15) is 66.2 Å². The minimum absolute atomic E-state index is 0.0560. The van der Waals surface area contributed by atoms with Gasteiger partial charge in [-0.3, -0.25) is 9.59 Å². The fourth-order valence-electron chi connectivity index (χ4n) is 3.66. The Hall–Kier alpha value is -1.06. The smallest absolute Gasteiger partial charge is 0.246 e. The minimum atomic E-state index is -0.327. The second-order valence-corrected chi connectivity index (χ2v) is 7.20. The SMILES string of the molecule is CCC(C)C1NC(=O)C(CC(C)C)N(C2CCCC2)C1=O. The van der Waals surface area contributed by atoms with E-state index in [1.807, 2.05) is 4.90 Å². The van der Waals surface area contributed by atoms with Crippen LogP contribution in [0.3, 0.4) is 0 Å². The van der Waals surface area contributed by atoms with Crippen molar-refractivity contribution in [2.45, 2.75) is 84.3 Å². The molecule has 0 spiro atoms. The molecule has 2 aliphatic rings. The number of piperazine rings is 1. The molecular formula is C17H30N2O2. The van der Waals surface area contributed by atoms with E-state index in [1.54, 1.807) is 0 Å². The van der Waals surface area contributed by atoms with Crippen molar-refractivity contribution < 1.29 is 9.59 Å². The first kappa shape index (κ1) is 16.3. The molecule has 1 aliphatic carbocycles. The van der Waals surface area contributed by atoms with Crippen LogP contribution in [0.2, 0.25) is 0 Å². The van der Waals surface area contributed by atoms with Crippen molar-refractivity contribution in [1.29, 1.82) is 0 Å². The molecule has 1 saturated heterocycles. The summed E-state index contributed by atoms with van der Waals surface area (Å²) in [6.07, 6.45) is 6.14. The Bertz CT molecular complexity index is 388. The molecule has 120 valence electrons. The lowest BCUT2D eigenvalue weighted by molar-refractivity contribution is -0.154. The number of amides is 2. The van der Waals surface area contributed by atoms with Gasteiger partial charge >= 0.3 is 0 Å². The summed E-state index contributed by atoms with van der Waals surface area (Å²) in [7, 11) is 0. The summed E-state index contributed by atoms with van der Waals surface area (Å²) in [6.45, 7) is 8.36. The largest absolute Gasteiger partial charge is 0.342 e. The fourth-order valence-corrected chi connectivity index (χ4v) is 3.66. The molecule has 2 amide bonds. The standard InChI is InChI=1S/C17H30N2O2/c1-5-12(4)15-17(21)19(13-8-6-7-9-13)14(10-11(2)3)16(20)18-15/h11-15H,5-10H2,1-4H3,(H,18,20). The zero-order valence-corrected chi connectivity index (χ0v) is 13.9. The van der Waals surface area contributed by atoms with E-state index in [0.29, 0.717) is 5.92 Å². The molecule has 0 aromatic rings. The Kier molecular flexibility index (Phi) is 5.28. The van der Waals surface area contributed by atoms with E-state index in [-0.39, 0.29) is 35.9 Å². The predicted molar refractivity (Wildman–Crippen MR) is 83.7 cm³/mol. The summed E-state index contributed by atoms with van der Waals surface area (Å²) in [4.78, 5) is 27.5.